The van der Waals surface area contributed by atoms with Crippen molar-refractivity contribution >= 4 is 5.97 Å². The first-order valence-electron chi connectivity index (χ1n) is 6.65. The Morgan fingerprint density at radius 2 is 1.71 bits per heavy atom. The van der Waals surface area contributed by atoms with Gasteiger partial charge in [0.05, 0.1) is 0 Å². The van der Waals surface area contributed by atoms with Gasteiger partial charge in [0.15, 0.2) is 0 Å². The molecule has 4 heteroatoms. The number of aliphatic carboxylic acids is 1. The Morgan fingerprint density at radius 3 is 2.24 bits per heavy atom. The molecule has 0 aliphatic heterocycles. The largest absolute Gasteiger partial charge is 0.481 e. The van der Waals surface area contributed by atoms with Gasteiger partial charge in [-0.2, -0.15) is 0 Å². The summed E-state index contributed by atoms with van der Waals surface area (Å²) in [5.74, 6) is -0.678. The highest BCUT2D eigenvalue weighted by molar-refractivity contribution is 5.66. The van der Waals surface area contributed by atoms with Crippen molar-refractivity contribution in [1.29, 1.82) is 0 Å². The molecule has 0 aliphatic rings. The number of nitrogens with zero attached hydrogens (tertiary/aromatic N) is 2. The predicted molar refractivity (Wildman–Crippen MR) is 71.4 cm³/mol. The molecule has 1 N–H and O–H groups in total. The molecule has 0 saturated heterocycles. The molecular weight excluding hydrogens is 216 g/mol. The number of carbonyl (C=O) groups is 1. The SMILES string of the molecule is CCCN(CCCCCC(=O)O)CCN(C)C. The molecule has 0 bridgehead atoms. The minimum atomic E-state index is -0.678. The van der Waals surface area contributed by atoms with Gasteiger partial charge in [0.2, 0.25) is 0 Å². The quantitative estimate of drug-likeness (QED) is 0.564. The zero-order valence-electron chi connectivity index (χ0n) is 11.6. The van der Waals surface area contributed by atoms with E-state index in [1.165, 1.54) is 6.42 Å². The summed E-state index contributed by atoms with van der Waals surface area (Å²) < 4.78 is 0. The van der Waals surface area contributed by atoms with Crippen molar-refractivity contribution in [3.8, 4) is 0 Å². The van der Waals surface area contributed by atoms with E-state index >= 15 is 0 Å². The van der Waals surface area contributed by atoms with Crippen molar-refractivity contribution in [2.24, 2.45) is 0 Å². The molecular formula is C13H28N2O2. The van der Waals surface area contributed by atoms with Gasteiger partial charge in [0, 0.05) is 19.5 Å². The first-order valence-corrected chi connectivity index (χ1v) is 6.65. The fourth-order valence-corrected chi connectivity index (χ4v) is 1.78. The maximum Gasteiger partial charge on any atom is 0.303 e. The average molecular weight is 244 g/mol. The zero-order valence-corrected chi connectivity index (χ0v) is 11.6. The van der Waals surface area contributed by atoms with Gasteiger partial charge < -0.3 is 14.9 Å². The fraction of sp³-hybridized carbons (Fsp3) is 0.923. The van der Waals surface area contributed by atoms with Crippen molar-refractivity contribution in [3.05, 3.63) is 0 Å². The number of carboxylic acids is 1. The molecule has 17 heavy (non-hydrogen) atoms. The Hall–Kier alpha value is -0.610. The predicted octanol–water partition coefficient (Wildman–Crippen LogP) is 1.91. The van der Waals surface area contributed by atoms with Crippen molar-refractivity contribution < 1.29 is 9.90 Å². The summed E-state index contributed by atoms with van der Waals surface area (Å²) in [5, 5.41) is 8.54. The maximum atomic E-state index is 10.4. The molecule has 0 amide bonds. The lowest BCUT2D eigenvalue weighted by Crippen LogP contribution is -2.33. The fourth-order valence-electron chi connectivity index (χ4n) is 1.78. The first kappa shape index (κ1) is 16.4. The summed E-state index contributed by atoms with van der Waals surface area (Å²) in [5.41, 5.74) is 0. The van der Waals surface area contributed by atoms with Crippen LogP contribution in [0.25, 0.3) is 0 Å². The van der Waals surface area contributed by atoms with Crippen LogP contribution in [0.15, 0.2) is 0 Å². The Labute approximate surface area is 106 Å². The lowest BCUT2D eigenvalue weighted by molar-refractivity contribution is -0.137. The molecule has 0 aliphatic carbocycles. The van der Waals surface area contributed by atoms with Crippen LogP contribution in [0.5, 0.6) is 0 Å². The van der Waals surface area contributed by atoms with Crippen molar-refractivity contribution in [2.45, 2.75) is 39.0 Å². The summed E-state index contributed by atoms with van der Waals surface area (Å²) >= 11 is 0. The van der Waals surface area contributed by atoms with Crippen LogP contribution in [0.4, 0.5) is 0 Å². The molecule has 0 unspecified atom stereocenters. The molecule has 0 rings (SSSR count). The first-order chi connectivity index (χ1) is 8.06. The summed E-state index contributed by atoms with van der Waals surface area (Å²) in [4.78, 5) is 15.0. The van der Waals surface area contributed by atoms with E-state index in [0.717, 1.165) is 45.4 Å². The van der Waals surface area contributed by atoms with E-state index in [9.17, 15) is 4.79 Å². The second kappa shape index (κ2) is 10.5. The lowest BCUT2D eigenvalue weighted by Gasteiger charge is -2.23. The highest BCUT2D eigenvalue weighted by Gasteiger charge is 2.04. The normalized spacial score (nSPS) is 11.4. The van der Waals surface area contributed by atoms with Crippen molar-refractivity contribution in [3.63, 3.8) is 0 Å². The molecule has 102 valence electrons. The molecule has 0 saturated carbocycles. The van der Waals surface area contributed by atoms with E-state index in [1.54, 1.807) is 0 Å². The van der Waals surface area contributed by atoms with E-state index in [1.807, 2.05) is 0 Å². The number of likely N-dealkylation sites (N-methyl/N-ethyl adjacent to an activating group) is 1. The average Bonchev–Trinajstić information content (AvgIpc) is 2.24. The zero-order chi connectivity index (χ0) is 13.1. The minimum Gasteiger partial charge on any atom is -0.481 e. The van der Waals surface area contributed by atoms with E-state index in [2.05, 4.69) is 30.8 Å². The van der Waals surface area contributed by atoms with Crippen LogP contribution in [-0.2, 0) is 4.79 Å². The van der Waals surface area contributed by atoms with Gasteiger partial charge in [-0.1, -0.05) is 13.3 Å². The Morgan fingerprint density at radius 1 is 1.00 bits per heavy atom. The van der Waals surface area contributed by atoms with E-state index in [-0.39, 0.29) is 0 Å². The van der Waals surface area contributed by atoms with Crippen LogP contribution in [-0.4, -0.2) is 61.2 Å². The molecule has 0 aromatic heterocycles. The van der Waals surface area contributed by atoms with Crippen LogP contribution < -0.4 is 0 Å². The van der Waals surface area contributed by atoms with E-state index in [4.69, 9.17) is 5.11 Å². The molecule has 0 atom stereocenters. The summed E-state index contributed by atoms with van der Waals surface area (Å²) in [6.45, 7) is 6.65. The Kier molecular flexibility index (Phi) is 10.2. The highest BCUT2D eigenvalue weighted by Crippen LogP contribution is 2.02. The molecule has 0 heterocycles. The van der Waals surface area contributed by atoms with Crippen molar-refractivity contribution in [1.82, 2.24) is 9.80 Å². The van der Waals surface area contributed by atoms with Gasteiger partial charge in [0.1, 0.15) is 0 Å². The van der Waals surface area contributed by atoms with E-state index < -0.39 is 5.97 Å². The van der Waals surface area contributed by atoms with Gasteiger partial charge >= 0.3 is 5.97 Å². The second-order valence-electron chi connectivity index (χ2n) is 4.85. The van der Waals surface area contributed by atoms with Gasteiger partial charge in [-0.05, 0) is 46.4 Å². The lowest BCUT2D eigenvalue weighted by atomic mass is 10.2. The summed E-state index contributed by atoms with van der Waals surface area (Å²) in [7, 11) is 4.19. The Bertz CT molecular complexity index is 196. The van der Waals surface area contributed by atoms with E-state index in [0.29, 0.717) is 6.42 Å². The second-order valence-corrected chi connectivity index (χ2v) is 4.85. The van der Waals surface area contributed by atoms with Crippen LogP contribution in [0.3, 0.4) is 0 Å². The molecule has 0 spiro atoms. The topological polar surface area (TPSA) is 43.8 Å². The van der Waals surface area contributed by atoms with Crippen LogP contribution >= 0.6 is 0 Å². The van der Waals surface area contributed by atoms with Gasteiger partial charge in [-0.15, -0.1) is 0 Å². The summed E-state index contributed by atoms with van der Waals surface area (Å²) in [6, 6.07) is 0. The van der Waals surface area contributed by atoms with Gasteiger partial charge in [-0.25, -0.2) is 0 Å². The van der Waals surface area contributed by atoms with Crippen molar-refractivity contribution in [2.75, 3.05) is 40.3 Å². The monoisotopic (exact) mass is 244 g/mol. The molecule has 0 fully saturated rings. The maximum absolute atomic E-state index is 10.4. The van der Waals surface area contributed by atoms with Gasteiger partial charge in [0.25, 0.3) is 0 Å². The smallest absolute Gasteiger partial charge is 0.303 e. The molecule has 0 aromatic carbocycles. The molecule has 4 nitrogen and oxygen atoms in total. The highest BCUT2D eigenvalue weighted by atomic mass is 16.4. The number of carboxylic acid groups (broad SMARTS) is 1. The molecule has 0 aromatic rings. The molecule has 0 radical (unpaired) electrons. The standard InChI is InChI=1S/C13H28N2O2/c1-4-9-15(12-11-14(2)3)10-7-5-6-8-13(16)17/h4-12H2,1-3H3,(H,16,17). The third kappa shape index (κ3) is 11.6. The minimum absolute atomic E-state index is 0.311. The van der Waals surface area contributed by atoms with Crippen LogP contribution in [0.1, 0.15) is 39.0 Å². The van der Waals surface area contributed by atoms with Gasteiger partial charge in [-0.3, -0.25) is 4.79 Å². The summed E-state index contributed by atoms with van der Waals surface area (Å²) in [6.07, 6.45) is 4.44. The number of hydrogen-bond acceptors (Lipinski definition) is 3. The third-order valence-electron chi connectivity index (χ3n) is 2.77. The number of unbranched alkanes of at least 4 members (excludes halogenated alkanes) is 2. The number of hydrogen-bond donors (Lipinski definition) is 1. The third-order valence-corrected chi connectivity index (χ3v) is 2.77. The number of rotatable bonds is 11. The van der Waals surface area contributed by atoms with Crippen LogP contribution in [0.2, 0.25) is 0 Å². The Balaban J connectivity index is 3.58. The van der Waals surface area contributed by atoms with Crippen LogP contribution in [0, 0.1) is 0 Å².